The molecule has 2 amide bonds. The van der Waals surface area contributed by atoms with E-state index in [0.717, 1.165) is 8.89 Å². The highest BCUT2D eigenvalue weighted by molar-refractivity contribution is 8.04. The number of thioether (sulfide) groups is 2. The monoisotopic (exact) mass is 611 g/mol. The van der Waals surface area contributed by atoms with Gasteiger partial charge in [-0.1, -0.05) is 29.4 Å². The van der Waals surface area contributed by atoms with Crippen LogP contribution in [0.4, 0.5) is 0 Å². The highest BCUT2D eigenvalue weighted by Gasteiger charge is 2.53. The van der Waals surface area contributed by atoms with Crippen LogP contribution in [-0.4, -0.2) is 45.0 Å². The molecule has 14 heteroatoms. The van der Waals surface area contributed by atoms with E-state index < -0.39 is 23.3 Å². The number of hydrogen-bond acceptors (Lipinski definition) is 10. The third-order valence-electron chi connectivity index (χ3n) is 5.70. The van der Waals surface area contributed by atoms with Gasteiger partial charge in [0.15, 0.2) is 5.43 Å². The molecule has 3 aromatic rings. The van der Waals surface area contributed by atoms with Crippen molar-refractivity contribution in [2.24, 2.45) is 5.73 Å². The summed E-state index contributed by atoms with van der Waals surface area (Å²) in [4.78, 5) is 52.3. The lowest BCUT2D eigenvalue weighted by molar-refractivity contribution is -0.150. The molecule has 2 atom stereocenters. The van der Waals surface area contributed by atoms with Gasteiger partial charge in [0.25, 0.3) is 5.91 Å². The molecule has 0 spiro atoms. The van der Waals surface area contributed by atoms with Gasteiger partial charge in [0, 0.05) is 22.7 Å². The summed E-state index contributed by atoms with van der Waals surface area (Å²) in [6.07, 6.45) is 1.82. The largest absolute Gasteiger partial charge is 0.477 e. The molecule has 0 aromatic carbocycles. The zero-order valence-electron chi connectivity index (χ0n) is 18.8. The lowest BCUT2D eigenvalue weighted by Crippen LogP contribution is -2.70. The highest BCUT2D eigenvalue weighted by atomic mass is 35.5. The Balaban J connectivity index is 1.33. The van der Waals surface area contributed by atoms with E-state index in [-0.39, 0.29) is 30.0 Å². The number of halogens is 1. The number of thiophene rings is 2. The molecule has 1 fully saturated rings. The van der Waals surface area contributed by atoms with Crippen LogP contribution in [0.5, 0.6) is 0 Å². The fourth-order valence-electron chi connectivity index (χ4n) is 4.00. The minimum Gasteiger partial charge on any atom is -0.477 e. The summed E-state index contributed by atoms with van der Waals surface area (Å²) < 4.78 is 2.03. The van der Waals surface area contributed by atoms with Crippen molar-refractivity contribution in [1.29, 1.82) is 0 Å². The topological polar surface area (TPSA) is 130 Å². The minimum absolute atomic E-state index is 0.0669. The molecule has 0 radical (unpaired) electrons. The molecule has 8 nitrogen and oxygen atoms in total. The van der Waals surface area contributed by atoms with E-state index in [2.05, 4.69) is 5.32 Å². The van der Waals surface area contributed by atoms with Crippen molar-refractivity contribution < 1.29 is 19.5 Å². The van der Waals surface area contributed by atoms with Gasteiger partial charge in [-0.25, -0.2) is 4.79 Å². The average molecular weight is 612 g/mol. The lowest BCUT2D eigenvalue weighted by Gasteiger charge is -2.49. The number of β-lactam (4-membered cyclic amide) rings is 1. The van der Waals surface area contributed by atoms with E-state index >= 15 is 0 Å². The van der Waals surface area contributed by atoms with Gasteiger partial charge in [0.1, 0.15) is 17.1 Å². The first-order valence-electron chi connectivity index (χ1n) is 10.8. The molecule has 0 aliphatic carbocycles. The van der Waals surface area contributed by atoms with Crippen molar-refractivity contribution in [2.75, 3.05) is 5.75 Å². The molecule has 2 aliphatic heterocycles. The highest BCUT2D eigenvalue weighted by Crippen LogP contribution is 2.42. The summed E-state index contributed by atoms with van der Waals surface area (Å²) in [6, 6.07) is 4.58. The average Bonchev–Trinajstić information content (AvgIpc) is 3.51. The van der Waals surface area contributed by atoms with Crippen LogP contribution in [-0.2, 0) is 27.3 Å². The van der Waals surface area contributed by atoms with Gasteiger partial charge in [0.05, 0.1) is 24.4 Å². The molecular weight excluding hydrogens is 594 g/mol. The Morgan fingerprint density at radius 2 is 2.14 bits per heavy atom. The van der Waals surface area contributed by atoms with Crippen LogP contribution in [0.25, 0.3) is 9.40 Å². The number of rotatable bonds is 8. The van der Waals surface area contributed by atoms with Crippen LogP contribution in [0, 0.1) is 0 Å². The second-order valence-electron chi connectivity index (χ2n) is 7.96. The van der Waals surface area contributed by atoms with Crippen LogP contribution >= 0.6 is 69.1 Å². The summed E-state index contributed by atoms with van der Waals surface area (Å²) in [5.74, 6) is -1.59. The molecule has 2 aliphatic rings. The molecule has 3 aromatic heterocycles. The third kappa shape index (κ3) is 5.13. The zero-order valence-corrected chi connectivity index (χ0v) is 23.6. The van der Waals surface area contributed by atoms with Gasteiger partial charge in [-0.15, -0.1) is 45.8 Å². The van der Waals surface area contributed by atoms with Crippen molar-refractivity contribution in [2.45, 2.75) is 28.6 Å². The number of carboxylic acids is 1. The Labute approximate surface area is 236 Å². The fourth-order valence-corrected chi connectivity index (χ4v) is 9.97. The summed E-state index contributed by atoms with van der Waals surface area (Å²) in [6.45, 7) is 0.0669. The smallest absolute Gasteiger partial charge is 0.352 e. The number of carbonyl (C=O) groups excluding carboxylic acids is 2. The van der Waals surface area contributed by atoms with Crippen LogP contribution in [0.15, 0.2) is 55.3 Å². The molecule has 192 valence electrons. The van der Waals surface area contributed by atoms with E-state index in [1.165, 1.54) is 62.4 Å². The van der Waals surface area contributed by atoms with Crippen molar-refractivity contribution in [1.82, 2.24) is 10.2 Å². The van der Waals surface area contributed by atoms with E-state index in [9.17, 15) is 24.3 Å². The molecule has 37 heavy (non-hydrogen) atoms. The summed E-state index contributed by atoms with van der Waals surface area (Å²) >= 11 is 12.9. The molecule has 5 heterocycles. The number of carboxylic acid groups (broad SMARTS) is 1. The Morgan fingerprint density at radius 1 is 1.32 bits per heavy atom. The van der Waals surface area contributed by atoms with Crippen LogP contribution < -0.4 is 16.5 Å². The molecular formula is C23H18ClN3O5S5. The first-order valence-corrected chi connectivity index (χ1v) is 15.6. The predicted octanol–water partition coefficient (Wildman–Crippen LogP) is 4.08. The number of allylic oxidation sites excluding steroid dienone is 1. The standard InChI is InChI=1S/C23H18ClN3O5S5/c24-14-7-12-18(29)13(8-25)22(37-23(12)36-14)34-5-3-10-9-35-20-16(19(30)27(20)17(10)21(31)32)26-15(28)6-11-2-1-4-33-11/h1-5,7,16,20H,6,8-9,25H2,(H,26,28)(H,31,32)/t16?,20-/m1/s1. The van der Waals surface area contributed by atoms with Gasteiger partial charge >= 0.3 is 5.97 Å². The maximum Gasteiger partial charge on any atom is 0.352 e. The van der Waals surface area contributed by atoms with E-state index in [1.54, 1.807) is 17.6 Å². The Bertz CT molecular complexity index is 1530. The number of carbonyl (C=O) groups is 3. The van der Waals surface area contributed by atoms with Gasteiger partial charge in [-0.2, -0.15) is 0 Å². The number of hydrogen-bond donors (Lipinski definition) is 3. The normalized spacial score (nSPS) is 19.4. The third-order valence-corrected chi connectivity index (χ3v) is 11.5. The summed E-state index contributed by atoms with van der Waals surface area (Å²) in [7, 11) is 0. The van der Waals surface area contributed by atoms with Crippen LogP contribution in [0.2, 0.25) is 4.34 Å². The molecule has 1 unspecified atom stereocenters. The molecule has 0 bridgehead atoms. The van der Waals surface area contributed by atoms with E-state index in [1.807, 2.05) is 17.5 Å². The number of fused-ring (bicyclic) bond motifs is 2. The van der Waals surface area contributed by atoms with Crippen molar-refractivity contribution in [3.8, 4) is 0 Å². The minimum atomic E-state index is -1.21. The van der Waals surface area contributed by atoms with Gasteiger partial charge in [-0.3, -0.25) is 19.3 Å². The molecule has 4 N–H and O–H groups in total. The lowest BCUT2D eigenvalue weighted by atomic mass is 10.0. The molecule has 0 saturated carbocycles. The first kappa shape index (κ1) is 26.5. The Morgan fingerprint density at radius 3 is 2.84 bits per heavy atom. The van der Waals surface area contributed by atoms with E-state index in [0.29, 0.717) is 30.8 Å². The maximum atomic E-state index is 12.9. The maximum absolute atomic E-state index is 12.9. The number of nitrogens with zero attached hydrogens (tertiary/aromatic N) is 1. The molecule has 5 rings (SSSR count). The number of nitrogens with two attached hydrogens (primary N) is 1. The number of nitrogens with one attached hydrogen (secondary N) is 1. The summed E-state index contributed by atoms with van der Waals surface area (Å²) in [5.41, 5.74) is 6.54. The van der Waals surface area contributed by atoms with Gasteiger partial charge < -0.3 is 16.2 Å². The quantitative estimate of drug-likeness (QED) is 0.257. The number of amides is 2. The predicted molar refractivity (Wildman–Crippen MR) is 152 cm³/mol. The van der Waals surface area contributed by atoms with Gasteiger partial charge in [0.2, 0.25) is 5.91 Å². The van der Waals surface area contributed by atoms with E-state index in [4.69, 9.17) is 17.3 Å². The number of aliphatic carboxylic acids is 1. The Kier molecular flexibility index (Phi) is 7.82. The van der Waals surface area contributed by atoms with Crippen molar-refractivity contribution in [3.05, 3.63) is 71.3 Å². The Hall–Kier alpha value is -2.13. The second kappa shape index (κ2) is 10.9. The second-order valence-corrected chi connectivity index (χ2v) is 14.2. The fraction of sp³-hybridized carbons (Fsp3) is 0.217. The molecule has 1 saturated heterocycles. The van der Waals surface area contributed by atoms with Gasteiger partial charge in [-0.05, 0) is 34.6 Å². The first-order chi connectivity index (χ1) is 17.8. The summed E-state index contributed by atoms with van der Waals surface area (Å²) in [5, 5.41) is 16.3. The SMILES string of the molecule is NCc1c(SC=CC2=C(C(=O)O)N3C(=O)C(NC(=O)Cc4cccs4)[C@H]3SC2)sc2sc(Cl)cc2c1=O. The van der Waals surface area contributed by atoms with Crippen molar-refractivity contribution >= 4 is 96.3 Å². The zero-order chi connectivity index (χ0) is 26.3. The van der Waals surface area contributed by atoms with Crippen LogP contribution in [0.3, 0.4) is 0 Å². The van der Waals surface area contributed by atoms with Crippen molar-refractivity contribution in [3.63, 3.8) is 0 Å². The van der Waals surface area contributed by atoms with Crippen LogP contribution in [0.1, 0.15) is 10.4 Å².